The van der Waals surface area contributed by atoms with Gasteiger partial charge in [0.05, 0.1) is 5.92 Å². The summed E-state index contributed by atoms with van der Waals surface area (Å²) in [4.78, 5) is 22.5. The van der Waals surface area contributed by atoms with Gasteiger partial charge in [-0.1, -0.05) is 6.42 Å². The van der Waals surface area contributed by atoms with Crippen LogP contribution in [0.4, 0.5) is 0 Å². The van der Waals surface area contributed by atoms with Gasteiger partial charge in [-0.3, -0.25) is 9.59 Å². The molecule has 0 bridgehead atoms. The molecule has 1 amide bonds. The standard InChI is InChI=1S/C12H22N2O3/c1-8(11(16)17)9(2)14-10(15)6-12(7-13)4-3-5-12/h8-9H,3-7,13H2,1-2H3,(H,14,15)(H,16,17). The molecule has 1 rings (SSSR count). The number of carboxylic acids is 1. The van der Waals surface area contributed by atoms with Gasteiger partial charge < -0.3 is 16.2 Å². The second-order valence-electron chi connectivity index (χ2n) is 5.22. The Hall–Kier alpha value is -1.10. The van der Waals surface area contributed by atoms with E-state index in [1.807, 2.05) is 0 Å². The predicted molar refractivity (Wildman–Crippen MR) is 64.4 cm³/mol. The van der Waals surface area contributed by atoms with Crippen LogP contribution in [0.2, 0.25) is 0 Å². The van der Waals surface area contributed by atoms with Crippen LogP contribution in [0.15, 0.2) is 0 Å². The number of rotatable bonds is 6. The van der Waals surface area contributed by atoms with Crippen molar-refractivity contribution in [3.8, 4) is 0 Å². The number of aliphatic carboxylic acids is 1. The van der Waals surface area contributed by atoms with Crippen molar-refractivity contribution in [2.45, 2.75) is 45.6 Å². The molecule has 5 nitrogen and oxygen atoms in total. The van der Waals surface area contributed by atoms with E-state index in [0.29, 0.717) is 13.0 Å². The van der Waals surface area contributed by atoms with Crippen LogP contribution < -0.4 is 11.1 Å². The number of carboxylic acid groups (broad SMARTS) is 1. The lowest BCUT2D eigenvalue weighted by Gasteiger charge is -2.40. The Morgan fingerprint density at radius 3 is 2.35 bits per heavy atom. The summed E-state index contributed by atoms with van der Waals surface area (Å²) in [5, 5.41) is 11.6. The molecule has 4 N–H and O–H groups in total. The summed E-state index contributed by atoms with van der Waals surface area (Å²) < 4.78 is 0. The fourth-order valence-electron chi connectivity index (χ4n) is 2.11. The number of carbonyl (C=O) groups is 2. The average molecular weight is 242 g/mol. The van der Waals surface area contributed by atoms with E-state index in [2.05, 4.69) is 5.32 Å². The summed E-state index contributed by atoms with van der Waals surface area (Å²) in [7, 11) is 0. The van der Waals surface area contributed by atoms with Crippen LogP contribution >= 0.6 is 0 Å². The zero-order valence-corrected chi connectivity index (χ0v) is 10.5. The van der Waals surface area contributed by atoms with E-state index in [9.17, 15) is 9.59 Å². The highest BCUT2D eigenvalue weighted by molar-refractivity contribution is 5.78. The summed E-state index contributed by atoms with van der Waals surface area (Å²) in [6, 6.07) is -0.352. The highest BCUT2D eigenvalue weighted by Crippen LogP contribution is 2.42. The maximum absolute atomic E-state index is 11.8. The largest absolute Gasteiger partial charge is 0.481 e. The molecule has 0 aliphatic heterocycles. The third-order valence-corrected chi connectivity index (χ3v) is 3.91. The Kier molecular flexibility index (Phi) is 4.51. The van der Waals surface area contributed by atoms with Crippen LogP contribution in [0, 0.1) is 11.3 Å². The van der Waals surface area contributed by atoms with Gasteiger partial charge in [0.25, 0.3) is 0 Å². The summed E-state index contributed by atoms with van der Waals surface area (Å²) in [6.45, 7) is 3.84. The van der Waals surface area contributed by atoms with E-state index in [1.165, 1.54) is 0 Å². The first kappa shape index (κ1) is 14.0. The molecule has 1 saturated carbocycles. The number of amides is 1. The molecule has 0 heterocycles. The molecule has 1 aliphatic carbocycles. The van der Waals surface area contributed by atoms with Crippen LogP contribution in [-0.4, -0.2) is 29.6 Å². The molecule has 17 heavy (non-hydrogen) atoms. The Labute approximate surface area is 102 Å². The molecular weight excluding hydrogens is 220 g/mol. The van der Waals surface area contributed by atoms with E-state index in [0.717, 1.165) is 19.3 Å². The van der Waals surface area contributed by atoms with E-state index >= 15 is 0 Å². The van der Waals surface area contributed by atoms with Crippen molar-refractivity contribution in [1.82, 2.24) is 5.32 Å². The summed E-state index contributed by atoms with van der Waals surface area (Å²) in [5.41, 5.74) is 5.65. The van der Waals surface area contributed by atoms with Crippen molar-refractivity contribution in [3.63, 3.8) is 0 Å². The Morgan fingerprint density at radius 2 is 2.00 bits per heavy atom. The van der Waals surface area contributed by atoms with Crippen molar-refractivity contribution in [2.24, 2.45) is 17.1 Å². The Bertz CT molecular complexity index is 295. The maximum Gasteiger partial charge on any atom is 0.308 e. The lowest BCUT2D eigenvalue weighted by Crippen LogP contribution is -2.45. The zero-order valence-electron chi connectivity index (χ0n) is 10.5. The third-order valence-electron chi connectivity index (χ3n) is 3.91. The third kappa shape index (κ3) is 3.43. The Balaban J connectivity index is 2.41. The van der Waals surface area contributed by atoms with E-state index in [-0.39, 0.29) is 17.4 Å². The monoisotopic (exact) mass is 242 g/mol. The van der Waals surface area contributed by atoms with E-state index in [4.69, 9.17) is 10.8 Å². The van der Waals surface area contributed by atoms with Gasteiger partial charge in [0, 0.05) is 12.5 Å². The minimum Gasteiger partial charge on any atom is -0.481 e. The van der Waals surface area contributed by atoms with Gasteiger partial charge in [-0.15, -0.1) is 0 Å². The topological polar surface area (TPSA) is 92.4 Å². The number of hydrogen-bond donors (Lipinski definition) is 3. The molecule has 0 aromatic rings. The van der Waals surface area contributed by atoms with Gasteiger partial charge in [-0.2, -0.15) is 0 Å². The smallest absolute Gasteiger partial charge is 0.308 e. The number of nitrogens with two attached hydrogens (primary N) is 1. The molecule has 0 aromatic carbocycles. The molecule has 0 aromatic heterocycles. The molecule has 0 radical (unpaired) electrons. The quantitative estimate of drug-likeness (QED) is 0.640. The van der Waals surface area contributed by atoms with Crippen LogP contribution in [0.5, 0.6) is 0 Å². The lowest BCUT2D eigenvalue weighted by atomic mass is 9.66. The first-order valence-electron chi connectivity index (χ1n) is 6.12. The molecule has 1 aliphatic rings. The van der Waals surface area contributed by atoms with Gasteiger partial charge in [0.1, 0.15) is 0 Å². The van der Waals surface area contributed by atoms with Gasteiger partial charge >= 0.3 is 5.97 Å². The highest BCUT2D eigenvalue weighted by atomic mass is 16.4. The van der Waals surface area contributed by atoms with Crippen molar-refractivity contribution in [2.75, 3.05) is 6.54 Å². The fraction of sp³-hybridized carbons (Fsp3) is 0.833. The average Bonchev–Trinajstić information content (AvgIpc) is 2.22. The second kappa shape index (κ2) is 5.49. The molecule has 0 saturated heterocycles. The summed E-state index contributed by atoms with van der Waals surface area (Å²) >= 11 is 0. The minimum absolute atomic E-state index is 0.0315. The molecule has 2 unspecified atom stereocenters. The number of hydrogen-bond acceptors (Lipinski definition) is 3. The lowest BCUT2D eigenvalue weighted by molar-refractivity contribution is -0.142. The molecule has 2 atom stereocenters. The fourth-order valence-corrected chi connectivity index (χ4v) is 2.11. The van der Waals surface area contributed by atoms with Crippen LogP contribution in [0.25, 0.3) is 0 Å². The number of carbonyl (C=O) groups excluding carboxylic acids is 1. The van der Waals surface area contributed by atoms with E-state index < -0.39 is 11.9 Å². The van der Waals surface area contributed by atoms with Crippen molar-refractivity contribution < 1.29 is 14.7 Å². The molecule has 5 heteroatoms. The van der Waals surface area contributed by atoms with E-state index in [1.54, 1.807) is 13.8 Å². The molecule has 1 fully saturated rings. The molecule has 0 spiro atoms. The van der Waals surface area contributed by atoms with Crippen molar-refractivity contribution in [3.05, 3.63) is 0 Å². The van der Waals surface area contributed by atoms with Crippen molar-refractivity contribution >= 4 is 11.9 Å². The molecule has 98 valence electrons. The predicted octanol–water partition coefficient (Wildman–Crippen LogP) is 0.731. The normalized spacial score (nSPS) is 21.1. The highest BCUT2D eigenvalue weighted by Gasteiger charge is 2.37. The molecular formula is C12H22N2O3. The van der Waals surface area contributed by atoms with Gasteiger partial charge in [0.2, 0.25) is 5.91 Å². The minimum atomic E-state index is -0.894. The first-order chi connectivity index (χ1) is 7.90. The zero-order chi connectivity index (χ0) is 13.1. The van der Waals surface area contributed by atoms with Gasteiger partial charge in [-0.25, -0.2) is 0 Å². The number of nitrogens with one attached hydrogen (secondary N) is 1. The van der Waals surface area contributed by atoms with Crippen molar-refractivity contribution in [1.29, 1.82) is 0 Å². The summed E-state index contributed by atoms with van der Waals surface area (Å²) in [6.07, 6.45) is 3.55. The second-order valence-corrected chi connectivity index (χ2v) is 5.22. The van der Waals surface area contributed by atoms with Gasteiger partial charge in [-0.05, 0) is 38.6 Å². The first-order valence-corrected chi connectivity index (χ1v) is 6.12. The van der Waals surface area contributed by atoms with Gasteiger partial charge in [0.15, 0.2) is 0 Å². The summed E-state index contributed by atoms with van der Waals surface area (Å²) in [5.74, 6) is -1.56. The van der Waals surface area contributed by atoms with Crippen LogP contribution in [0.1, 0.15) is 39.5 Å². The maximum atomic E-state index is 11.8. The van der Waals surface area contributed by atoms with Crippen LogP contribution in [0.3, 0.4) is 0 Å². The van der Waals surface area contributed by atoms with Crippen LogP contribution in [-0.2, 0) is 9.59 Å². The SMILES string of the molecule is CC(NC(=O)CC1(CN)CCC1)C(C)C(=O)O. The Morgan fingerprint density at radius 1 is 1.41 bits per heavy atom.